The van der Waals surface area contributed by atoms with E-state index in [1.54, 1.807) is 32.4 Å². The van der Waals surface area contributed by atoms with Crippen molar-refractivity contribution in [2.75, 3.05) is 26.1 Å². The molecule has 0 aliphatic rings. The van der Waals surface area contributed by atoms with Crippen molar-refractivity contribution in [1.82, 2.24) is 0 Å². The molecule has 2 aromatic rings. The molecule has 0 aliphatic carbocycles. The average Bonchev–Trinajstić information content (AvgIpc) is 2.53. The number of anilines is 1. The first-order valence-corrected chi connectivity index (χ1v) is 8.15. The van der Waals surface area contributed by atoms with Crippen molar-refractivity contribution in [3.05, 3.63) is 45.9 Å². The summed E-state index contributed by atoms with van der Waals surface area (Å²) < 4.78 is 17.0. The van der Waals surface area contributed by atoms with Gasteiger partial charge in [-0.15, -0.1) is 0 Å². The van der Waals surface area contributed by atoms with Crippen molar-refractivity contribution in [3.63, 3.8) is 0 Å². The van der Waals surface area contributed by atoms with Crippen molar-refractivity contribution in [1.29, 1.82) is 0 Å². The van der Waals surface area contributed by atoms with Crippen LogP contribution in [0.4, 0.5) is 5.69 Å². The van der Waals surface area contributed by atoms with E-state index in [0.717, 1.165) is 21.3 Å². The molecule has 0 saturated heterocycles. The van der Waals surface area contributed by atoms with Crippen LogP contribution in [0, 0.1) is 13.8 Å². The first kappa shape index (κ1) is 18.1. The smallest absolute Gasteiger partial charge is 0.262 e. The van der Waals surface area contributed by atoms with Crippen LogP contribution >= 0.6 is 15.9 Å². The highest BCUT2D eigenvalue weighted by Crippen LogP contribution is 2.30. The van der Waals surface area contributed by atoms with E-state index in [0.29, 0.717) is 17.2 Å². The number of methoxy groups -OCH3 is 2. The molecule has 0 atom stereocenters. The molecule has 128 valence electrons. The van der Waals surface area contributed by atoms with Gasteiger partial charge in [0.05, 0.1) is 14.2 Å². The SMILES string of the molecule is COc1ccc(NC(=O)COc2c(C)cc(Br)cc2C)cc1OC. The Morgan fingerprint density at radius 3 is 2.25 bits per heavy atom. The summed E-state index contributed by atoms with van der Waals surface area (Å²) >= 11 is 3.44. The molecule has 1 amide bonds. The third-order valence-electron chi connectivity index (χ3n) is 3.44. The lowest BCUT2D eigenvalue weighted by Gasteiger charge is -2.13. The van der Waals surface area contributed by atoms with Crippen LogP contribution in [0.2, 0.25) is 0 Å². The fraction of sp³-hybridized carbons (Fsp3) is 0.278. The molecular formula is C18H20BrNO4. The van der Waals surface area contributed by atoms with Gasteiger partial charge >= 0.3 is 0 Å². The molecule has 0 unspecified atom stereocenters. The van der Waals surface area contributed by atoms with E-state index in [1.807, 2.05) is 26.0 Å². The van der Waals surface area contributed by atoms with Crippen molar-refractivity contribution in [3.8, 4) is 17.2 Å². The van der Waals surface area contributed by atoms with Gasteiger partial charge in [-0.2, -0.15) is 0 Å². The molecule has 0 aliphatic heterocycles. The third kappa shape index (κ3) is 4.41. The Morgan fingerprint density at radius 1 is 1.04 bits per heavy atom. The van der Waals surface area contributed by atoms with Gasteiger partial charge < -0.3 is 19.5 Å². The summed E-state index contributed by atoms with van der Waals surface area (Å²) in [7, 11) is 3.11. The Morgan fingerprint density at radius 2 is 1.67 bits per heavy atom. The van der Waals surface area contributed by atoms with E-state index >= 15 is 0 Å². The fourth-order valence-corrected chi connectivity index (χ4v) is 3.06. The molecule has 0 saturated carbocycles. The van der Waals surface area contributed by atoms with Crippen molar-refractivity contribution < 1.29 is 19.0 Å². The fourth-order valence-electron chi connectivity index (χ4n) is 2.37. The van der Waals surface area contributed by atoms with Gasteiger partial charge in [0, 0.05) is 16.2 Å². The molecule has 0 bridgehead atoms. The second-order valence-electron chi connectivity index (χ2n) is 5.28. The molecule has 0 spiro atoms. The monoisotopic (exact) mass is 393 g/mol. The van der Waals surface area contributed by atoms with Crippen LogP contribution in [0.25, 0.3) is 0 Å². The highest BCUT2D eigenvalue weighted by Gasteiger charge is 2.10. The Bertz CT molecular complexity index is 723. The van der Waals surface area contributed by atoms with Gasteiger partial charge in [-0.25, -0.2) is 0 Å². The molecular weight excluding hydrogens is 374 g/mol. The molecule has 0 fully saturated rings. The predicted molar refractivity (Wildman–Crippen MR) is 97.3 cm³/mol. The van der Waals surface area contributed by atoms with Crippen molar-refractivity contribution >= 4 is 27.5 Å². The number of benzene rings is 2. The zero-order valence-electron chi connectivity index (χ0n) is 14.1. The van der Waals surface area contributed by atoms with E-state index in [9.17, 15) is 4.79 Å². The number of halogens is 1. The van der Waals surface area contributed by atoms with E-state index in [1.165, 1.54) is 0 Å². The second-order valence-corrected chi connectivity index (χ2v) is 6.19. The van der Waals surface area contributed by atoms with Gasteiger partial charge in [-0.1, -0.05) is 15.9 Å². The van der Waals surface area contributed by atoms with Crippen LogP contribution in [0.1, 0.15) is 11.1 Å². The maximum absolute atomic E-state index is 12.1. The topological polar surface area (TPSA) is 56.8 Å². The standard InChI is InChI=1S/C18H20BrNO4/c1-11-7-13(19)8-12(2)18(11)24-10-17(21)20-14-5-6-15(22-3)16(9-14)23-4/h5-9H,10H2,1-4H3,(H,20,21). The Hall–Kier alpha value is -2.21. The van der Waals surface area contributed by atoms with Gasteiger partial charge in [-0.05, 0) is 49.2 Å². The molecule has 0 heterocycles. The predicted octanol–water partition coefficient (Wildman–Crippen LogP) is 4.10. The van der Waals surface area contributed by atoms with Gasteiger partial charge in [-0.3, -0.25) is 4.79 Å². The quantitative estimate of drug-likeness (QED) is 0.802. The highest BCUT2D eigenvalue weighted by atomic mass is 79.9. The summed E-state index contributed by atoms with van der Waals surface area (Å²) in [5, 5.41) is 2.78. The lowest BCUT2D eigenvalue weighted by atomic mass is 10.1. The number of carbonyl (C=O) groups is 1. The Labute approximate surface area is 150 Å². The minimum atomic E-state index is -0.246. The molecule has 2 rings (SSSR count). The van der Waals surface area contributed by atoms with Crippen LogP contribution < -0.4 is 19.5 Å². The highest BCUT2D eigenvalue weighted by molar-refractivity contribution is 9.10. The van der Waals surface area contributed by atoms with Crippen molar-refractivity contribution in [2.45, 2.75) is 13.8 Å². The number of hydrogen-bond donors (Lipinski definition) is 1. The maximum atomic E-state index is 12.1. The summed E-state index contributed by atoms with van der Waals surface area (Å²) in [5.41, 5.74) is 2.56. The van der Waals surface area contributed by atoms with Crippen LogP contribution in [0.3, 0.4) is 0 Å². The zero-order chi connectivity index (χ0) is 17.7. The lowest BCUT2D eigenvalue weighted by Crippen LogP contribution is -2.20. The van der Waals surface area contributed by atoms with Crippen LogP contribution in [0.15, 0.2) is 34.8 Å². The van der Waals surface area contributed by atoms with E-state index in [2.05, 4.69) is 21.2 Å². The molecule has 0 aromatic heterocycles. The molecule has 5 nitrogen and oxygen atoms in total. The van der Waals surface area contributed by atoms with E-state index < -0.39 is 0 Å². The lowest BCUT2D eigenvalue weighted by molar-refractivity contribution is -0.118. The number of aryl methyl sites for hydroxylation is 2. The summed E-state index contributed by atoms with van der Waals surface area (Å²) in [6.07, 6.45) is 0. The van der Waals surface area contributed by atoms with Gasteiger partial charge in [0.2, 0.25) is 0 Å². The average molecular weight is 394 g/mol. The molecule has 0 radical (unpaired) electrons. The third-order valence-corrected chi connectivity index (χ3v) is 3.90. The number of ether oxygens (including phenoxy) is 3. The summed E-state index contributed by atoms with van der Waals surface area (Å²) in [5.74, 6) is 1.63. The maximum Gasteiger partial charge on any atom is 0.262 e. The number of amides is 1. The van der Waals surface area contributed by atoms with E-state index in [4.69, 9.17) is 14.2 Å². The van der Waals surface area contributed by atoms with Gasteiger partial charge in [0.1, 0.15) is 5.75 Å². The first-order valence-electron chi connectivity index (χ1n) is 7.36. The number of nitrogens with one attached hydrogen (secondary N) is 1. The van der Waals surface area contributed by atoms with Crippen LogP contribution in [-0.4, -0.2) is 26.7 Å². The van der Waals surface area contributed by atoms with Crippen LogP contribution in [-0.2, 0) is 4.79 Å². The molecule has 6 heteroatoms. The minimum Gasteiger partial charge on any atom is -0.493 e. The van der Waals surface area contributed by atoms with Gasteiger partial charge in [0.15, 0.2) is 18.1 Å². The molecule has 2 aromatic carbocycles. The molecule has 1 N–H and O–H groups in total. The minimum absolute atomic E-state index is 0.0718. The Balaban J connectivity index is 2.02. The largest absolute Gasteiger partial charge is 0.493 e. The second kappa shape index (κ2) is 8.06. The number of hydrogen-bond acceptors (Lipinski definition) is 4. The summed E-state index contributed by atoms with van der Waals surface area (Å²) in [6, 6.07) is 9.09. The first-order chi connectivity index (χ1) is 11.4. The van der Waals surface area contributed by atoms with Gasteiger partial charge in [0.25, 0.3) is 5.91 Å². The number of carbonyl (C=O) groups excluding carboxylic acids is 1. The molecule has 24 heavy (non-hydrogen) atoms. The summed E-state index contributed by atoms with van der Waals surface area (Å²) in [6.45, 7) is 3.82. The van der Waals surface area contributed by atoms with Crippen molar-refractivity contribution in [2.24, 2.45) is 0 Å². The van der Waals surface area contributed by atoms with Crippen LogP contribution in [0.5, 0.6) is 17.2 Å². The Kier molecular flexibility index (Phi) is 6.09. The zero-order valence-corrected chi connectivity index (χ0v) is 15.7. The number of rotatable bonds is 6. The summed E-state index contributed by atoms with van der Waals surface area (Å²) in [4.78, 5) is 12.1. The van der Waals surface area contributed by atoms with E-state index in [-0.39, 0.29) is 12.5 Å². The normalized spacial score (nSPS) is 10.2.